The van der Waals surface area contributed by atoms with E-state index in [1.807, 2.05) is 18.4 Å². The van der Waals surface area contributed by atoms with Gasteiger partial charge in [0, 0.05) is 35.8 Å². The van der Waals surface area contributed by atoms with Gasteiger partial charge in [0.25, 0.3) is 0 Å². The van der Waals surface area contributed by atoms with Crippen LogP contribution in [0.5, 0.6) is 0 Å². The van der Waals surface area contributed by atoms with Crippen LogP contribution < -0.4 is 5.32 Å². The lowest BCUT2D eigenvalue weighted by Gasteiger charge is -2.29. The van der Waals surface area contributed by atoms with Crippen molar-refractivity contribution in [1.29, 1.82) is 0 Å². The second-order valence-corrected chi connectivity index (χ2v) is 6.50. The fourth-order valence-electron chi connectivity index (χ4n) is 3.19. The maximum Gasteiger partial charge on any atom is 0.0972 e. The summed E-state index contributed by atoms with van der Waals surface area (Å²) in [5.41, 5.74) is 1.40. The maximum atomic E-state index is 4.90. The molecule has 0 saturated carbocycles. The molecule has 0 aliphatic carbocycles. The smallest absolute Gasteiger partial charge is 0.0972 e. The van der Waals surface area contributed by atoms with E-state index in [0.717, 1.165) is 12.6 Å². The van der Waals surface area contributed by atoms with E-state index in [2.05, 4.69) is 24.2 Å². The molecule has 2 aliphatic heterocycles. The molecular formula is C13H21N3S. The Balaban J connectivity index is 1.89. The summed E-state index contributed by atoms with van der Waals surface area (Å²) in [5, 5.41) is 4.57. The van der Waals surface area contributed by atoms with Crippen molar-refractivity contribution in [3.8, 4) is 0 Å². The van der Waals surface area contributed by atoms with Crippen LogP contribution in [0.25, 0.3) is 0 Å². The summed E-state index contributed by atoms with van der Waals surface area (Å²) in [5.74, 6) is 0.541. The highest BCUT2D eigenvalue weighted by Crippen LogP contribution is 2.45. The molecule has 0 amide bonds. The standard InChI is InChI=1S/C13H21N3S/c1-8(7-14-2)13-15-10-6-9-4-5-11(16(9)3)12(10)17-13/h8-9,11,14H,4-7H2,1-3H3. The van der Waals surface area contributed by atoms with E-state index in [1.54, 1.807) is 4.88 Å². The number of likely N-dealkylation sites (N-methyl/N-ethyl adjacent to an activating group) is 2. The zero-order chi connectivity index (χ0) is 12.0. The number of hydrogen-bond donors (Lipinski definition) is 1. The molecule has 2 bridgehead atoms. The highest BCUT2D eigenvalue weighted by atomic mass is 32.1. The van der Waals surface area contributed by atoms with Crippen molar-refractivity contribution in [2.24, 2.45) is 0 Å². The summed E-state index contributed by atoms with van der Waals surface area (Å²) >= 11 is 1.95. The average molecular weight is 251 g/mol. The molecule has 17 heavy (non-hydrogen) atoms. The van der Waals surface area contributed by atoms with Crippen LogP contribution in [0, 0.1) is 0 Å². The number of nitrogens with zero attached hydrogens (tertiary/aromatic N) is 2. The van der Waals surface area contributed by atoms with E-state index < -0.39 is 0 Å². The Hall–Kier alpha value is -0.450. The molecule has 0 spiro atoms. The molecule has 94 valence electrons. The van der Waals surface area contributed by atoms with Gasteiger partial charge in [0.1, 0.15) is 0 Å². The van der Waals surface area contributed by atoms with Crippen LogP contribution in [-0.4, -0.2) is 36.6 Å². The van der Waals surface area contributed by atoms with Gasteiger partial charge in [0.2, 0.25) is 0 Å². The molecule has 3 atom stereocenters. The average Bonchev–Trinajstić information content (AvgIpc) is 2.82. The number of fused-ring (bicyclic) bond motifs is 4. The predicted molar refractivity (Wildman–Crippen MR) is 71.7 cm³/mol. The second kappa shape index (κ2) is 4.34. The molecule has 3 unspecified atom stereocenters. The summed E-state index contributed by atoms with van der Waals surface area (Å²) < 4.78 is 0. The van der Waals surface area contributed by atoms with Gasteiger partial charge in [0.05, 0.1) is 10.7 Å². The predicted octanol–water partition coefficient (Wildman–Crippen LogP) is 2.16. The van der Waals surface area contributed by atoms with E-state index in [0.29, 0.717) is 12.0 Å². The first-order chi connectivity index (χ1) is 8.20. The zero-order valence-electron chi connectivity index (χ0n) is 10.9. The Morgan fingerprint density at radius 1 is 1.53 bits per heavy atom. The van der Waals surface area contributed by atoms with Crippen LogP contribution in [0.1, 0.15) is 47.3 Å². The molecule has 3 rings (SSSR count). The number of thiazole rings is 1. The molecule has 1 aromatic heterocycles. The third-order valence-electron chi connectivity index (χ3n) is 4.25. The minimum absolute atomic E-state index is 0.541. The van der Waals surface area contributed by atoms with E-state index in [1.165, 1.54) is 30.0 Å². The molecule has 3 heterocycles. The fourth-order valence-corrected chi connectivity index (χ4v) is 4.52. The van der Waals surface area contributed by atoms with E-state index in [4.69, 9.17) is 4.98 Å². The van der Waals surface area contributed by atoms with Gasteiger partial charge in [-0.3, -0.25) is 4.90 Å². The summed E-state index contributed by atoms with van der Waals surface area (Å²) in [6.07, 6.45) is 3.85. The number of nitrogens with one attached hydrogen (secondary N) is 1. The van der Waals surface area contributed by atoms with Crippen LogP contribution in [-0.2, 0) is 6.42 Å². The first kappa shape index (κ1) is 11.6. The summed E-state index contributed by atoms with van der Waals surface area (Å²) in [4.78, 5) is 9.01. The summed E-state index contributed by atoms with van der Waals surface area (Å²) in [7, 11) is 4.29. The van der Waals surface area contributed by atoms with Crippen LogP contribution >= 0.6 is 11.3 Å². The van der Waals surface area contributed by atoms with Crippen molar-refractivity contribution in [1.82, 2.24) is 15.2 Å². The molecule has 1 aromatic rings. The first-order valence-corrected chi connectivity index (χ1v) is 7.38. The Morgan fingerprint density at radius 3 is 3.12 bits per heavy atom. The van der Waals surface area contributed by atoms with Gasteiger partial charge in [-0.1, -0.05) is 6.92 Å². The van der Waals surface area contributed by atoms with E-state index >= 15 is 0 Å². The molecule has 2 aliphatic rings. The molecule has 1 N–H and O–H groups in total. The molecule has 4 heteroatoms. The lowest BCUT2D eigenvalue weighted by molar-refractivity contribution is 0.226. The maximum absolute atomic E-state index is 4.90. The SMILES string of the molecule is CNCC(C)c1nc2c(s1)C1CCC(C2)N1C. The van der Waals surface area contributed by atoms with Gasteiger partial charge < -0.3 is 5.32 Å². The Bertz CT molecular complexity index is 415. The first-order valence-electron chi connectivity index (χ1n) is 6.56. The van der Waals surface area contributed by atoms with Crippen LogP contribution in [0.3, 0.4) is 0 Å². The van der Waals surface area contributed by atoms with Crippen LogP contribution in [0.4, 0.5) is 0 Å². The lowest BCUT2D eigenvalue weighted by atomic mass is 10.1. The molecule has 0 aromatic carbocycles. The van der Waals surface area contributed by atoms with Gasteiger partial charge in [0.15, 0.2) is 0 Å². The number of hydrogen-bond acceptors (Lipinski definition) is 4. The third kappa shape index (κ3) is 1.83. The topological polar surface area (TPSA) is 28.2 Å². The molecule has 1 saturated heterocycles. The van der Waals surface area contributed by atoms with Gasteiger partial charge in [-0.05, 0) is 26.9 Å². The van der Waals surface area contributed by atoms with Gasteiger partial charge in [-0.25, -0.2) is 4.98 Å². The summed E-state index contributed by atoms with van der Waals surface area (Å²) in [6.45, 7) is 3.29. The van der Waals surface area contributed by atoms with Gasteiger partial charge in [-0.15, -0.1) is 11.3 Å². The quantitative estimate of drug-likeness (QED) is 0.892. The number of aromatic nitrogens is 1. The highest BCUT2D eigenvalue weighted by molar-refractivity contribution is 7.12. The van der Waals surface area contributed by atoms with Crippen molar-refractivity contribution in [2.75, 3.05) is 20.6 Å². The van der Waals surface area contributed by atoms with Crippen molar-refractivity contribution in [3.63, 3.8) is 0 Å². The van der Waals surface area contributed by atoms with Crippen LogP contribution in [0.2, 0.25) is 0 Å². The minimum Gasteiger partial charge on any atom is -0.319 e. The van der Waals surface area contributed by atoms with Crippen molar-refractivity contribution in [3.05, 3.63) is 15.6 Å². The Kier molecular flexibility index (Phi) is 2.97. The van der Waals surface area contributed by atoms with E-state index in [-0.39, 0.29) is 0 Å². The van der Waals surface area contributed by atoms with Crippen LogP contribution in [0.15, 0.2) is 0 Å². The molecule has 0 radical (unpaired) electrons. The fraction of sp³-hybridized carbons (Fsp3) is 0.769. The Labute approximate surface area is 107 Å². The Morgan fingerprint density at radius 2 is 2.35 bits per heavy atom. The monoisotopic (exact) mass is 251 g/mol. The van der Waals surface area contributed by atoms with Crippen molar-refractivity contribution in [2.45, 2.75) is 44.2 Å². The lowest BCUT2D eigenvalue weighted by Crippen LogP contribution is -2.33. The van der Waals surface area contributed by atoms with Crippen molar-refractivity contribution >= 4 is 11.3 Å². The molecule has 3 nitrogen and oxygen atoms in total. The van der Waals surface area contributed by atoms with Gasteiger partial charge >= 0.3 is 0 Å². The molecule has 1 fully saturated rings. The number of rotatable bonds is 3. The molecular weight excluding hydrogens is 230 g/mol. The second-order valence-electron chi connectivity index (χ2n) is 5.44. The van der Waals surface area contributed by atoms with Crippen molar-refractivity contribution < 1.29 is 0 Å². The normalized spacial score (nSPS) is 29.4. The van der Waals surface area contributed by atoms with E-state index in [9.17, 15) is 0 Å². The zero-order valence-corrected chi connectivity index (χ0v) is 11.7. The minimum atomic E-state index is 0.541. The third-order valence-corrected chi connectivity index (χ3v) is 5.68. The van der Waals surface area contributed by atoms with Gasteiger partial charge in [-0.2, -0.15) is 0 Å². The highest BCUT2D eigenvalue weighted by Gasteiger charge is 2.39. The largest absolute Gasteiger partial charge is 0.319 e. The summed E-state index contributed by atoms with van der Waals surface area (Å²) in [6, 6.07) is 1.42.